The molecule has 8 heteroatoms. The van der Waals surface area contributed by atoms with Gasteiger partial charge in [0.2, 0.25) is 0 Å². The van der Waals surface area contributed by atoms with E-state index in [4.69, 9.17) is 18.9 Å². The number of fused-ring (bicyclic) bond motifs is 2. The maximum Gasteiger partial charge on any atom is 0.161 e. The Hall–Kier alpha value is -3.33. The Morgan fingerprint density at radius 3 is 1.76 bits per heavy atom. The SMILES string of the molecule is COc1ccc(C23C=CC(=O)CC2N(C)CC3)cc1OC.COc1ccc(C23C=CC(O)CC2N(C)CC3)cc1OC. The van der Waals surface area contributed by atoms with Crippen LogP contribution in [0, 0.1) is 0 Å². The first kappa shape index (κ1) is 30.1. The number of aliphatic hydroxyl groups excluding tert-OH is 1. The molecule has 2 heterocycles. The molecule has 0 saturated carbocycles. The van der Waals surface area contributed by atoms with Crippen LogP contribution < -0.4 is 18.9 Å². The number of allylic oxidation sites excluding steroid dienone is 1. The molecule has 0 radical (unpaired) electrons. The van der Waals surface area contributed by atoms with Crippen LogP contribution in [0.15, 0.2) is 60.7 Å². The van der Waals surface area contributed by atoms with Gasteiger partial charge in [-0.1, -0.05) is 30.4 Å². The Labute approximate surface area is 249 Å². The standard InChI is InChI=1S/C17H23NO3.C17H21NO3/c2*1-18-9-8-17(7-6-13(19)11-16(17)18)12-4-5-14(20-2)15(10-12)21-3/h4-7,10,13,16,19H,8-9,11H2,1-3H3;4-7,10,16H,8-9,11H2,1-3H3. The summed E-state index contributed by atoms with van der Waals surface area (Å²) in [5.41, 5.74) is 2.30. The highest BCUT2D eigenvalue weighted by Crippen LogP contribution is 2.48. The van der Waals surface area contributed by atoms with E-state index in [1.807, 2.05) is 24.3 Å². The van der Waals surface area contributed by atoms with E-state index in [9.17, 15) is 9.90 Å². The minimum Gasteiger partial charge on any atom is -0.493 e. The van der Waals surface area contributed by atoms with E-state index in [2.05, 4.69) is 54.2 Å². The van der Waals surface area contributed by atoms with E-state index in [0.29, 0.717) is 12.5 Å². The molecule has 2 aliphatic heterocycles. The Morgan fingerprint density at radius 1 is 0.738 bits per heavy atom. The van der Waals surface area contributed by atoms with Gasteiger partial charge in [0.25, 0.3) is 0 Å². The number of methoxy groups -OCH3 is 4. The smallest absolute Gasteiger partial charge is 0.161 e. The van der Waals surface area contributed by atoms with Crippen LogP contribution in [0.25, 0.3) is 0 Å². The highest BCUT2D eigenvalue weighted by Gasteiger charge is 2.49. The lowest BCUT2D eigenvalue weighted by Gasteiger charge is -2.39. The van der Waals surface area contributed by atoms with Crippen LogP contribution in [0.1, 0.15) is 36.8 Å². The summed E-state index contributed by atoms with van der Waals surface area (Å²) in [4.78, 5) is 16.4. The molecule has 0 bridgehead atoms. The second kappa shape index (κ2) is 12.1. The van der Waals surface area contributed by atoms with Gasteiger partial charge in [-0.3, -0.25) is 4.79 Å². The molecule has 0 aromatic heterocycles. The zero-order valence-corrected chi connectivity index (χ0v) is 25.6. The van der Waals surface area contributed by atoms with Crippen molar-refractivity contribution in [2.75, 3.05) is 55.6 Å². The van der Waals surface area contributed by atoms with Crippen LogP contribution in [-0.4, -0.2) is 94.5 Å². The summed E-state index contributed by atoms with van der Waals surface area (Å²) in [6.45, 7) is 2.03. The quantitative estimate of drug-likeness (QED) is 0.514. The van der Waals surface area contributed by atoms with Crippen molar-refractivity contribution in [3.63, 3.8) is 0 Å². The summed E-state index contributed by atoms with van der Waals surface area (Å²) in [6.07, 6.45) is 11.1. The van der Waals surface area contributed by atoms with Gasteiger partial charge in [0, 0.05) is 29.3 Å². The minimum absolute atomic E-state index is 0.0342. The van der Waals surface area contributed by atoms with Gasteiger partial charge in [-0.15, -0.1) is 0 Å². The van der Waals surface area contributed by atoms with Crippen LogP contribution in [0.3, 0.4) is 0 Å². The van der Waals surface area contributed by atoms with Crippen LogP contribution >= 0.6 is 0 Å². The molecule has 0 amide bonds. The molecule has 42 heavy (non-hydrogen) atoms. The Balaban J connectivity index is 0.000000168. The van der Waals surface area contributed by atoms with Gasteiger partial charge >= 0.3 is 0 Å². The number of aliphatic hydroxyl groups is 1. The number of likely N-dealkylation sites (N-methyl/N-ethyl adjacent to an activating group) is 2. The molecule has 5 atom stereocenters. The van der Waals surface area contributed by atoms with E-state index >= 15 is 0 Å². The van der Waals surface area contributed by atoms with Gasteiger partial charge in [0.1, 0.15) is 0 Å². The average molecular weight is 577 g/mol. The van der Waals surface area contributed by atoms with Crippen molar-refractivity contribution in [3.05, 3.63) is 71.8 Å². The summed E-state index contributed by atoms with van der Waals surface area (Å²) in [5, 5.41) is 9.96. The van der Waals surface area contributed by atoms with Crippen LogP contribution in [0.2, 0.25) is 0 Å². The lowest BCUT2D eigenvalue weighted by molar-refractivity contribution is -0.116. The highest BCUT2D eigenvalue weighted by atomic mass is 16.5. The number of ketones is 1. The molecule has 5 unspecified atom stereocenters. The zero-order valence-electron chi connectivity index (χ0n) is 25.6. The van der Waals surface area contributed by atoms with E-state index in [0.717, 1.165) is 55.4 Å². The molecule has 2 saturated heterocycles. The molecule has 226 valence electrons. The number of benzene rings is 2. The largest absolute Gasteiger partial charge is 0.493 e. The minimum atomic E-state index is -0.344. The lowest BCUT2D eigenvalue weighted by atomic mass is 9.69. The van der Waals surface area contributed by atoms with Crippen LogP contribution in [0.5, 0.6) is 23.0 Å². The first-order valence-electron chi connectivity index (χ1n) is 14.7. The monoisotopic (exact) mass is 576 g/mol. The second-order valence-electron chi connectivity index (χ2n) is 11.9. The third-order valence-electron chi connectivity index (χ3n) is 9.89. The average Bonchev–Trinajstić information content (AvgIpc) is 3.53. The van der Waals surface area contributed by atoms with Crippen molar-refractivity contribution in [1.29, 1.82) is 0 Å². The number of ether oxygens (including phenoxy) is 4. The molecular weight excluding hydrogens is 532 g/mol. The predicted octanol–water partition coefficient (Wildman–Crippen LogP) is 4.14. The maximum absolute atomic E-state index is 11.8. The van der Waals surface area contributed by atoms with E-state index in [-0.39, 0.29) is 28.8 Å². The van der Waals surface area contributed by atoms with Crippen LogP contribution in [-0.2, 0) is 15.6 Å². The van der Waals surface area contributed by atoms with E-state index in [1.54, 1.807) is 34.5 Å². The summed E-state index contributed by atoms with van der Waals surface area (Å²) < 4.78 is 21.5. The van der Waals surface area contributed by atoms with Gasteiger partial charge in [-0.05, 0) is 87.9 Å². The van der Waals surface area contributed by atoms with Gasteiger partial charge < -0.3 is 33.9 Å². The third kappa shape index (κ3) is 5.21. The summed E-state index contributed by atoms with van der Waals surface area (Å²) >= 11 is 0. The number of carbonyl (C=O) groups excluding carboxylic acids is 1. The Kier molecular flexibility index (Phi) is 8.69. The number of hydrogen-bond donors (Lipinski definition) is 1. The fourth-order valence-electron chi connectivity index (χ4n) is 7.48. The van der Waals surface area contributed by atoms with Crippen molar-refractivity contribution in [1.82, 2.24) is 9.80 Å². The van der Waals surface area contributed by atoms with Crippen molar-refractivity contribution in [2.45, 2.75) is 54.7 Å². The first-order chi connectivity index (χ1) is 20.2. The molecule has 6 rings (SSSR count). The molecule has 4 aliphatic rings. The summed E-state index contributed by atoms with van der Waals surface area (Å²) in [7, 11) is 10.8. The highest BCUT2D eigenvalue weighted by molar-refractivity contribution is 5.92. The lowest BCUT2D eigenvalue weighted by Crippen LogP contribution is -2.44. The molecule has 8 nitrogen and oxygen atoms in total. The second-order valence-corrected chi connectivity index (χ2v) is 11.9. The van der Waals surface area contributed by atoms with E-state index < -0.39 is 0 Å². The number of hydrogen-bond acceptors (Lipinski definition) is 8. The molecule has 2 aromatic rings. The fourth-order valence-corrected chi connectivity index (χ4v) is 7.48. The molecule has 1 N–H and O–H groups in total. The van der Waals surface area contributed by atoms with Crippen molar-refractivity contribution in [2.24, 2.45) is 0 Å². The van der Waals surface area contributed by atoms with Gasteiger partial charge in [-0.25, -0.2) is 0 Å². The first-order valence-corrected chi connectivity index (χ1v) is 14.7. The van der Waals surface area contributed by atoms with Gasteiger partial charge in [0.05, 0.1) is 34.5 Å². The Morgan fingerprint density at radius 2 is 1.24 bits per heavy atom. The number of carbonyl (C=O) groups is 1. The molecular formula is C34H44N2O6. The van der Waals surface area contributed by atoms with Crippen molar-refractivity contribution >= 4 is 5.78 Å². The number of nitrogens with zero attached hydrogens (tertiary/aromatic N) is 2. The van der Waals surface area contributed by atoms with Gasteiger partial charge in [0.15, 0.2) is 28.8 Å². The normalized spacial score (nSPS) is 30.3. The number of rotatable bonds is 6. The maximum atomic E-state index is 11.8. The van der Waals surface area contributed by atoms with Crippen LogP contribution in [0.4, 0.5) is 0 Å². The number of likely N-dealkylation sites (tertiary alicyclic amines) is 2. The van der Waals surface area contributed by atoms with E-state index in [1.165, 1.54) is 11.1 Å². The Bertz CT molecular complexity index is 1360. The zero-order chi connectivity index (χ0) is 30.1. The van der Waals surface area contributed by atoms with Crippen molar-refractivity contribution < 1.29 is 28.8 Å². The summed E-state index contributed by atoms with van der Waals surface area (Å²) in [6, 6.07) is 12.8. The van der Waals surface area contributed by atoms with Gasteiger partial charge in [-0.2, -0.15) is 0 Å². The molecule has 2 fully saturated rings. The summed E-state index contributed by atoms with van der Waals surface area (Å²) in [5.74, 6) is 3.20. The van der Waals surface area contributed by atoms with Crippen molar-refractivity contribution in [3.8, 4) is 23.0 Å². The molecule has 2 aromatic carbocycles. The molecule has 2 aliphatic carbocycles. The topological polar surface area (TPSA) is 80.7 Å². The fraction of sp³-hybridized carbons (Fsp3) is 0.500. The third-order valence-corrected chi connectivity index (χ3v) is 9.89. The predicted molar refractivity (Wildman–Crippen MR) is 163 cm³/mol. The molecule has 0 spiro atoms.